The molecule has 2 aromatic carbocycles. The van der Waals surface area contributed by atoms with Crippen molar-refractivity contribution in [3.8, 4) is 22.4 Å². The number of likely N-dealkylation sites (tertiary alicyclic amines) is 2. The highest BCUT2D eigenvalue weighted by Crippen LogP contribution is 2.32. The van der Waals surface area contributed by atoms with E-state index in [1.807, 2.05) is 49.2 Å². The van der Waals surface area contributed by atoms with Gasteiger partial charge < -0.3 is 20.1 Å². The molecule has 0 spiro atoms. The first-order chi connectivity index (χ1) is 18.5. The van der Waals surface area contributed by atoms with Crippen LogP contribution in [-0.4, -0.2) is 57.1 Å². The molecule has 38 heavy (non-hydrogen) atoms. The Bertz CT molecular complexity index is 1300. The topological polar surface area (TPSA) is 98.4 Å². The number of aromatic nitrogens is 2. The van der Waals surface area contributed by atoms with Crippen LogP contribution in [0, 0.1) is 5.92 Å². The van der Waals surface area contributed by atoms with Gasteiger partial charge in [-0.1, -0.05) is 50.2 Å². The summed E-state index contributed by atoms with van der Waals surface area (Å²) in [6.45, 7) is 5.69. The summed E-state index contributed by atoms with van der Waals surface area (Å²) in [5, 5.41) is 3.00. The Morgan fingerprint density at radius 3 is 2.24 bits per heavy atom. The fraction of sp³-hybridized carbons (Fsp3) is 0.400. The smallest absolute Gasteiger partial charge is 0.229 e. The van der Waals surface area contributed by atoms with Crippen LogP contribution in [0.15, 0.2) is 54.7 Å². The predicted octanol–water partition coefficient (Wildman–Crippen LogP) is 5.01. The van der Waals surface area contributed by atoms with E-state index in [9.17, 15) is 14.4 Å². The summed E-state index contributed by atoms with van der Waals surface area (Å²) in [5.41, 5.74) is 4.86. The molecule has 198 valence electrons. The molecule has 2 N–H and O–H groups in total. The molecule has 0 radical (unpaired) electrons. The largest absolute Gasteiger partial charge is 0.342 e. The number of benzene rings is 2. The number of H-pyrrole nitrogens is 1. The number of imidazole rings is 1. The SMILES string of the molecule is CCC(=O)N1CC[C@H](C(=O)Nc2ccc(-c3ccc(-c4cnc([C@@H]5CCCN5C(=O)CC)[nH]4)cc3)cc2)C1. The molecule has 0 unspecified atom stereocenters. The molecule has 2 fully saturated rings. The lowest BCUT2D eigenvalue weighted by Gasteiger charge is -2.22. The normalized spacial score (nSPS) is 19.1. The van der Waals surface area contributed by atoms with Crippen molar-refractivity contribution in [2.24, 2.45) is 5.92 Å². The molecule has 2 aliphatic heterocycles. The Kier molecular flexibility index (Phi) is 7.58. The Hall–Kier alpha value is -3.94. The molecule has 1 aromatic heterocycles. The van der Waals surface area contributed by atoms with E-state index in [1.165, 1.54) is 0 Å². The molecule has 8 nitrogen and oxygen atoms in total. The number of nitrogens with one attached hydrogen (secondary N) is 2. The van der Waals surface area contributed by atoms with Gasteiger partial charge in [0.2, 0.25) is 17.7 Å². The third-order valence-electron chi connectivity index (χ3n) is 7.68. The zero-order chi connectivity index (χ0) is 26.6. The third kappa shape index (κ3) is 5.35. The van der Waals surface area contributed by atoms with E-state index in [0.29, 0.717) is 32.4 Å². The van der Waals surface area contributed by atoms with Crippen LogP contribution in [-0.2, 0) is 14.4 Å². The van der Waals surface area contributed by atoms with E-state index in [2.05, 4.69) is 39.6 Å². The van der Waals surface area contributed by atoms with E-state index in [4.69, 9.17) is 0 Å². The number of rotatable bonds is 7. The van der Waals surface area contributed by atoms with Crippen LogP contribution in [0.3, 0.4) is 0 Å². The van der Waals surface area contributed by atoms with Crippen LogP contribution in [0.4, 0.5) is 5.69 Å². The molecule has 0 aliphatic carbocycles. The first-order valence-electron chi connectivity index (χ1n) is 13.6. The number of anilines is 1. The monoisotopic (exact) mass is 513 g/mol. The number of hydrogen-bond acceptors (Lipinski definition) is 4. The average molecular weight is 514 g/mol. The first kappa shape index (κ1) is 25.7. The van der Waals surface area contributed by atoms with Crippen LogP contribution in [0.25, 0.3) is 22.4 Å². The Labute approximate surface area is 223 Å². The second-order valence-corrected chi connectivity index (χ2v) is 10.1. The van der Waals surface area contributed by atoms with Gasteiger partial charge in [-0.05, 0) is 48.1 Å². The minimum atomic E-state index is -0.162. The van der Waals surface area contributed by atoms with Gasteiger partial charge in [-0.2, -0.15) is 0 Å². The van der Waals surface area contributed by atoms with E-state index in [0.717, 1.165) is 53.3 Å². The van der Waals surface area contributed by atoms with Gasteiger partial charge in [0.25, 0.3) is 0 Å². The summed E-state index contributed by atoms with van der Waals surface area (Å²) in [7, 11) is 0. The highest BCUT2D eigenvalue weighted by atomic mass is 16.2. The van der Waals surface area contributed by atoms with Gasteiger partial charge in [0.1, 0.15) is 5.82 Å². The fourth-order valence-electron chi connectivity index (χ4n) is 5.46. The lowest BCUT2D eigenvalue weighted by atomic mass is 10.0. The zero-order valence-corrected chi connectivity index (χ0v) is 22.1. The molecule has 0 saturated carbocycles. The van der Waals surface area contributed by atoms with Gasteiger partial charge in [-0.3, -0.25) is 14.4 Å². The quantitative estimate of drug-likeness (QED) is 0.464. The molecular weight excluding hydrogens is 478 g/mol. The number of carbonyl (C=O) groups excluding carboxylic acids is 3. The third-order valence-corrected chi connectivity index (χ3v) is 7.68. The maximum atomic E-state index is 12.7. The van der Waals surface area contributed by atoms with E-state index in [-0.39, 0.29) is 29.7 Å². The molecule has 5 rings (SSSR count). The molecule has 3 amide bonds. The molecule has 3 aromatic rings. The highest BCUT2D eigenvalue weighted by Gasteiger charge is 2.31. The van der Waals surface area contributed by atoms with Crippen LogP contribution < -0.4 is 5.32 Å². The first-order valence-corrected chi connectivity index (χ1v) is 13.6. The van der Waals surface area contributed by atoms with Crippen LogP contribution in [0.2, 0.25) is 0 Å². The summed E-state index contributed by atoms with van der Waals surface area (Å²) in [6.07, 6.45) is 5.47. The summed E-state index contributed by atoms with van der Waals surface area (Å²) in [6, 6.07) is 16.1. The van der Waals surface area contributed by atoms with E-state index < -0.39 is 0 Å². The molecule has 8 heteroatoms. The van der Waals surface area contributed by atoms with Crippen molar-refractivity contribution in [1.29, 1.82) is 0 Å². The van der Waals surface area contributed by atoms with E-state index >= 15 is 0 Å². The van der Waals surface area contributed by atoms with E-state index in [1.54, 1.807) is 4.90 Å². The van der Waals surface area contributed by atoms with Gasteiger partial charge in [0, 0.05) is 38.2 Å². The number of hydrogen-bond donors (Lipinski definition) is 2. The van der Waals surface area contributed by atoms with Crippen molar-refractivity contribution >= 4 is 23.4 Å². The van der Waals surface area contributed by atoms with Crippen molar-refractivity contribution in [3.05, 3.63) is 60.6 Å². The summed E-state index contributed by atoms with van der Waals surface area (Å²) in [5.74, 6) is 0.932. The molecule has 2 aliphatic rings. The number of nitrogens with zero attached hydrogens (tertiary/aromatic N) is 3. The minimum Gasteiger partial charge on any atom is -0.342 e. The Morgan fingerprint density at radius 1 is 0.895 bits per heavy atom. The van der Waals surface area contributed by atoms with Crippen molar-refractivity contribution < 1.29 is 14.4 Å². The lowest BCUT2D eigenvalue weighted by Crippen LogP contribution is -2.30. The van der Waals surface area contributed by atoms with Crippen LogP contribution in [0.1, 0.15) is 57.8 Å². The standard InChI is InChI=1S/C30H35N5O3/c1-3-27(36)34-17-15-23(19-34)30(38)32-24-13-11-21(12-14-24)20-7-9-22(10-8-20)25-18-31-29(33-25)26-6-5-16-35(26)28(37)4-2/h7-14,18,23,26H,3-6,15-17,19H2,1-2H3,(H,31,33)(H,32,38)/t23-,26-/m0/s1. The van der Waals surface area contributed by atoms with Gasteiger partial charge >= 0.3 is 0 Å². The maximum absolute atomic E-state index is 12.7. The Balaban J connectivity index is 1.20. The van der Waals surface area contributed by atoms with Crippen molar-refractivity contribution in [2.75, 3.05) is 25.0 Å². The summed E-state index contributed by atoms with van der Waals surface area (Å²) in [4.78, 5) is 48.6. The second kappa shape index (κ2) is 11.2. The molecule has 2 saturated heterocycles. The lowest BCUT2D eigenvalue weighted by molar-refractivity contribution is -0.132. The predicted molar refractivity (Wildman–Crippen MR) is 147 cm³/mol. The molecule has 3 heterocycles. The minimum absolute atomic E-state index is 0.0286. The van der Waals surface area contributed by atoms with Gasteiger partial charge in [-0.15, -0.1) is 0 Å². The van der Waals surface area contributed by atoms with Crippen LogP contribution in [0.5, 0.6) is 0 Å². The second-order valence-electron chi connectivity index (χ2n) is 10.1. The summed E-state index contributed by atoms with van der Waals surface area (Å²) < 4.78 is 0. The van der Waals surface area contributed by atoms with Crippen molar-refractivity contribution in [2.45, 2.75) is 52.0 Å². The fourth-order valence-corrected chi connectivity index (χ4v) is 5.46. The molecular formula is C30H35N5O3. The van der Waals surface area contributed by atoms with Crippen molar-refractivity contribution in [1.82, 2.24) is 19.8 Å². The molecule has 2 atom stereocenters. The number of aromatic amines is 1. The maximum Gasteiger partial charge on any atom is 0.229 e. The van der Waals surface area contributed by atoms with Crippen LogP contribution >= 0.6 is 0 Å². The number of amides is 3. The zero-order valence-electron chi connectivity index (χ0n) is 22.1. The Morgan fingerprint density at radius 2 is 1.55 bits per heavy atom. The van der Waals surface area contributed by atoms with Crippen molar-refractivity contribution in [3.63, 3.8) is 0 Å². The van der Waals surface area contributed by atoms with Gasteiger partial charge in [-0.25, -0.2) is 4.98 Å². The summed E-state index contributed by atoms with van der Waals surface area (Å²) >= 11 is 0. The highest BCUT2D eigenvalue weighted by molar-refractivity contribution is 5.93. The number of carbonyl (C=O) groups is 3. The molecule has 0 bridgehead atoms. The average Bonchev–Trinajstić information content (AvgIpc) is 3.73. The van der Waals surface area contributed by atoms with Gasteiger partial charge in [0.15, 0.2) is 0 Å². The van der Waals surface area contributed by atoms with Gasteiger partial charge in [0.05, 0.1) is 23.9 Å².